The first-order valence-electron chi connectivity index (χ1n) is 8.34. The number of carbonyl (C=O) groups is 1. The van der Waals surface area contributed by atoms with Crippen LogP contribution in [0.5, 0.6) is 0 Å². The molecule has 0 unspecified atom stereocenters. The summed E-state index contributed by atoms with van der Waals surface area (Å²) < 4.78 is 5.66. The van der Waals surface area contributed by atoms with Crippen LogP contribution in [0.25, 0.3) is 11.4 Å². The summed E-state index contributed by atoms with van der Waals surface area (Å²) in [4.78, 5) is 22.5. The summed E-state index contributed by atoms with van der Waals surface area (Å²) in [5.74, 6) is 2.72. The minimum absolute atomic E-state index is 0.0781. The summed E-state index contributed by atoms with van der Waals surface area (Å²) in [5.41, 5.74) is 2.97. The first kappa shape index (κ1) is 17.2. The molecule has 5 nitrogen and oxygen atoms in total. The second kappa shape index (κ2) is 7.21. The summed E-state index contributed by atoms with van der Waals surface area (Å²) in [6.07, 6.45) is 2.73. The Hall–Kier alpha value is -2.18. The molecule has 0 radical (unpaired) electrons. The Kier molecular flexibility index (Phi) is 4.78. The number of amides is 1. The Bertz CT molecular complexity index is 933. The van der Waals surface area contributed by atoms with E-state index in [2.05, 4.69) is 9.97 Å². The van der Waals surface area contributed by atoms with Gasteiger partial charge in [-0.2, -0.15) is 11.8 Å². The fourth-order valence-corrected chi connectivity index (χ4v) is 3.65. The van der Waals surface area contributed by atoms with E-state index in [1.807, 2.05) is 36.6 Å². The number of rotatable bonds is 4. The smallest absolute Gasteiger partial charge is 0.289 e. The molecule has 0 saturated heterocycles. The molecule has 0 fully saturated rings. The van der Waals surface area contributed by atoms with Crippen LogP contribution < -0.4 is 0 Å². The number of thioether (sulfide) groups is 1. The zero-order valence-corrected chi connectivity index (χ0v) is 15.9. The first-order valence-corrected chi connectivity index (χ1v) is 10.1. The zero-order valence-electron chi connectivity index (χ0n) is 14.3. The number of fused-ring (bicyclic) bond motifs is 1. The van der Waals surface area contributed by atoms with Gasteiger partial charge in [0.15, 0.2) is 5.76 Å². The molecule has 0 saturated carbocycles. The first-order chi connectivity index (χ1) is 12.6. The van der Waals surface area contributed by atoms with Crippen LogP contribution in [0.1, 0.15) is 27.7 Å². The fraction of sp³-hybridized carbons (Fsp3) is 0.263. The quantitative estimate of drug-likeness (QED) is 0.721. The average Bonchev–Trinajstić information content (AvgIpc) is 3.28. The van der Waals surface area contributed by atoms with E-state index in [1.54, 1.807) is 22.7 Å². The number of furan rings is 1. The van der Waals surface area contributed by atoms with E-state index in [9.17, 15) is 4.79 Å². The minimum atomic E-state index is -0.0781. The van der Waals surface area contributed by atoms with E-state index in [0.717, 1.165) is 40.7 Å². The van der Waals surface area contributed by atoms with Gasteiger partial charge in [-0.25, -0.2) is 4.98 Å². The van der Waals surface area contributed by atoms with E-state index in [1.165, 1.54) is 0 Å². The van der Waals surface area contributed by atoms with E-state index >= 15 is 0 Å². The van der Waals surface area contributed by atoms with Gasteiger partial charge in [0.25, 0.3) is 5.91 Å². The molecule has 0 spiro atoms. The molecular formula is C19H18ClN3O2S. The van der Waals surface area contributed by atoms with Crippen molar-refractivity contribution < 1.29 is 9.21 Å². The van der Waals surface area contributed by atoms with E-state index < -0.39 is 0 Å². The number of benzene rings is 1. The van der Waals surface area contributed by atoms with Gasteiger partial charge in [-0.05, 0) is 42.7 Å². The summed E-state index contributed by atoms with van der Waals surface area (Å²) in [6.45, 7) is 1.14. The minimum Gasteiger partial charge on any atom is -0.455 e. The van der Waals surface area contributed by atoms with Crippen molar-refractivity contribution in [3.63, 3.8) is 0 Å². The molecular weight excluding hydrogens is 370 g/mol. The van der Waals surface area contributed by atoms with Crippen molar-refractivity contribution in [1.29, 1.82) is 0 Å². The largest absolute Gasteiger partial charge is 0.455 e. The number of carbonyl (C=O) groups excluding carboxylic acids is 1. The van der Waals surface area contributed by atoms with Gasteiger partial charge in [0, 0.05) is 23.6 Å². The SMILES string of the molecule is CSCc1ccc(C(=O)N2CCc3nc(-c4ccc(Cl)cc4)[nH]c3C2)o1. The van der Waals surface area contributed by atoms with Gasteiger partial charge in [0.1, 0.15) is 11.6 Å². The highest BCUT2D eigenvalue weighted by atomic mass is 35.5. The molecule has 3 heterocycles. The van der Waals surface area contributed by atoms with Gasteiger partial charge >= 0.3 is 0 Å². The van der Waals surface area contributed by atoms with Gasteiger partial charge in [-0.15, -0.1) is 0 Å². The monoisotopic (exact) mass is 387 g/mol. The van der Waals surface area contributed by atoms with E-state index in [-0.39, 0.29) is 5.91 Å². The van der Waals surface area contributed by atoms with Crippen LogP contribution in [0, 0.1) is 0 Å². The number of H-pyrrole nitrogens is 1. The maximum absolute atomic E-state index is 12.7. The number of nitrogens with one attached hydrogen (secondary N) is 1. The third kappa shape index (κ3) is 3.39. The van der Waals surface area contributed by atoms with Gasteiger partial charge < -0.3 is 14.3 Å². The second-order valence-corrected chi connectivity index (χ2v) is 7.50. The Morgan fingerprint density at radius 3 is 2.88 bits per heavy atom. The summed E-state index contributed by atoms with van der Waals surface area (Å²) in [7, 11) is 0. The highest BCUT2D eigenvalue weighted by molar-refractivity contribution is 7.97. The molecule has 1 aliphatic heterocycles. The van der Waals surface area contributed by atoms with Crippen molar-refractivity contribution in [1.82, 2.24) is 14.9 Å². The topological polar surface area (TPSA) is 62.1 Å². The molecule has 3 aromatic rings. The van der Waals surface area contributed by atoms with Gasteiger partial charge in [0.05, 0.1) is 23.7 Å². The number of nitrogens with zero attached hydrogens (tertiary/aromatic N) is 2. The summed E-state index contributed by atoms with van der Waals surface area (Å²) in [5, 5.41) is 0.695. The number of halogens is 1. The van der Waals surface area contributed by atoms with Crippen molar-refractivity contribution in [3.05, 3.63) is 64.3 Å². The average molecular weight is 388 g/mol. The van der Waals surface area contributed by atoms with Gasteiger partial charge in [0.2, 0.25) is 0 Å². The van der Waals surface area contributed by atoms with Crippen molar-refractivity contribution in [2.45, 2.75) is 18.7 Å². The molecule has 1 amide bonds. The van der Waals surface area contributed by atoms with Crippen LogP contribution in [-0.4, -0.2) is 33.6 Å². The zero-order chi connectivity index (χ0) is 18.1. The number of aromatic amines is 1. The molecule has 0 aliphatic carbocycles. The van der Waals surface area contributed by atoms with Gasteiger partial charge in [-0.1, -0.05) is 11.6 Å². The summed E-state index contributed by atoms with van der Waals surface area (Å²) in [6, 6.07) is 11.2. The lowest BCUT2D eigenvalue weighted by atomic mass is 10.1. The highest BCUT2D eigenvalue weighted by Crippen LogP contribution is 2.25. The number of hydrogen-bond acceptors (Lipinski definition) is 4. The third-order valence-corrected chi connectivity index (χ3v) is 5.22. The molecule has 2 aromatic heterocycles. The van der Waals surface area contributed by atoms with Crippen molar-refractivity contribution in [2.24, 2.45) is 0 Å². The van der Waals surface area contributed by atoms with Gasteiger partial charge in [-0.3, -0.25) is 4.79 Å². The van der Waals surface area contributed by atoms with Crippen LogP contribution in [0.15, 0.2) is 40.8 Å². The lowest BCUT2D eigenvalue weighted by Crippen LogP contribution is -2.35. The lowest BCUT2D eigenvalue weighted by Gasteiger charge is -2.25. The molecule has 26 heavy (non-hydrogen) atoms. The highest BCUT2D eigenvalue weighted by Gasteiger charge is 2.26. The molecule has 4 rings (SSSR count). The van der Waals surface area contributed by atoms with Crippen LogP contribution in [0.3, 0.4) is 0 Å². The fourth-order valence-electron chi connectivity index (χ4n) is 3.08. The molecule has 1 N–H and O–H groups in total. The molecule has 0 atom stereocenters. The normalized spacial score (nSPS) is 13.7. The Morgan fingerprint density at radius 2 is 2.12 bits per heavy atom. The third-order valence-electron chi connectivity index (χ3n) is 4.40. The number of imidazole rings is 1. The molecule has 1 aliphatic rings. The van der Waals surface area contributed by atoms with Crippen LogP contribution in [0.2, 0.25) is 5.02 Å². The Labute approximate surface area is 160 Å². The Morgan fingerprint density at radius 1 is 1.31 bits per heavy atom. The predicted molar refractivity (Wildman–Crippen MR) is 103 cm³/mol. The number of aromatic nitrogens is 2. The number of hydrogen-bond donors (Lipinski definition) is 1. The molecule has 134 valence electrons. The van der Waals surface area contributed by atoms with E-state index in [0.29, 0.717) is 23.9 Å². The van der Waals surface area contributed by atoms with E-state index in [4.69, 9.17) is 16.0 Å². The second-order valence-electron chi connectivity index (χ2n) is 6.19. The van der Waals surface area contributed by atoms with Crippen LogP contribution in [0.4, 0.5) is 0 Å². The van der Waals surface area contributed by atoms with Crippen molar-refractivity contribution in [2.75, 3.05) is 12.8 Å². The lowest BCUT2D eigenvalue weighted by molar-refractivity contribution is 0.0698. The predicted octanol–water partition coefficient (Wildman–Crippen LogP) is 4.38. The molecule has 1 aromatic carbocycles. The Balaban J connectivity index is 1.52. The molecule has 7 heteroatoms. The van der Waals surface area contributed by atoms with Crippen molar-refractivity contribution in [3.8, 4) is 11.4 Å². The van der Waals surface area contributed by atoms with Crippen molar-refractivity contribution >= 4 is 29.3 Å². The maximum Gasteiger partial charge on any atom is 0.289 e. The summed E-state index contributed by atoms with van der Waals surface area (Å²) >= 11 is 7.62. The molecule has 0 bridgehead atoms. The maximum atomic E-state index is 12.7. The van der Waals surface area contributed by atoms with Crippen LogP contribution in [-0.2, 0) is 18.7 Å². The van der Waals surface area contributed by atoms with Crippen LogP contribution >= 0.6 is 23.4 Å². The standard InChI is InChI=1S/C19H18ClN3O2S/c1-26-11-14-6-7-17(25-14)19(24)23-9-8-15-16(10-23)22-18(21-15)12-2-4-13(20)5-3-12/h2-7H,8-11H2,1H3,(H,21,22).